The largest absolute Gasteiger partial charge is 0.395 e. The van der Waals surface area contributed by atoms with Gasteiger partial charge in [-0.05, 0) is 30.7 Å². The van der Waals surface area contributed by atoms with E-state index in [-0.39, 0.29) is 6.61 Å². The second-order valence-corrected chi connectivity index (χ2v) is 5.43. The number of hydrogen-bond acceptors (Lipinski definition) is 3. The first-order valence-electron chi connectivity index (χ1n) is 5.10. The van der Waals surface area contributed by atoms with E-state index in [4.69, 9.17) is 5.11 Å². The second-order valence-electron chi connectivity index (χ2n) is 3.68. The summed E-state index contributed by atoms with van der Waals surface area (Å²) in [7, 11) is -3.25. The van der Waals surface area contributed by atoms with E-state index >= 15 is 0 Å². The van der Waals surface area contributed by atoms with Crippen LogP contribution in [0.5, 0.6) is 0 Å². The summed E-state index contributed by atoms with van der Waals surface area (Å²) in [6.45, 7) is 1.85. The lowest BCUT2D eigenvalue weighted by Crippen LogP contribution is -2.10. The minimum absolute atomic E-state index is 0.0414. The minimum atomic E-state index is -3.25. The zero-order chi connectivity index (χ0) is 12.9. The van der Waals surface area contributed by atoms with E-state index in [1.54, 1.807) is 18.2 Å². The van der Waals surface area contributed by atoms with Gasteiger partial charge in [0.2, 0.25) is 10.0 Å². The summed E-state index contributed by atoms with van der Waals surface area (Å²) < 4.78 is 24.6. The van der Waals surface area contributed by atoms with Crippen LogP contribution in [0, 0.1) is 18.8 Å². The molecular weight excluding hydrogens is 238 g/mol. The molecule has 5 heteroatoms. The van der Waals surface area contributed by atoms with E-state index < -0.39 is 10.0 Å². The molecule has 0 aromatic heterocycles. The maximum absolute atomic E-state index is 11.1. The number of rotatable bonds is 3. The first kappa shape index (κ1) is 13.6. The van der Waals surface area contributed by atoms with Gasteiger partial charge in [0, 0.05) is 12.0 Å². The lowest BCUT2D eigenvalue weighted by molar-refractivity contribution is 0.305. The number of aliphatic hydroxyl groups excluding tert-OH is 1. The number of aliphatic hydroxyl groups is 1. The highest BCUT2D eigenvalue weighted by Gasteiger charge is 2.04. The van der Waals surface area contributed by atoms with Gasteiger partial charge in [0.15, 0.2) is 0 Å². The van der Waals surface area contributed by atoms with Gasteiger partial charge in [-0.2, -0.15) is 0 Å². The van der Waals surface area contributed by atoms with Gasteiger partial charge in [-0.15, -0.1) is 0 Å². The van der Waals surface area contributed by atoms with Gasteiger partial charge in [0.05, 0.1) is 18.6 Å². The molecule has 0 atom stereocenters. The third kappa shape index (κ3) is 4.89. The molecular formula is C12H15NO3S. The molecule has 1 aromatic carbocycles. The summed E-state index contributed by atoms with van der Waals surface area (Å²) in [6, 6.07) is 5.22. The van der Waals surface area contributed by atoms with Crippen molar-refractivity contribution in [3.8, 4) is 11.8 Å². The smallest absolute Gasteiger partial charge is 0.229 e. The summed E-state index contributed by atoms with van der Waals surface area (Å²) in [5.41, 5.74) is 2.17. The zero-order valence-corrected chi connectivity index (χ0v) is 10.6. The third-order valence-corrected chi connectivity index (χ3v) is 2.58. The molecule has 0 amide bonds. The molecule has 0 spiro atoms. The zero-order valence-electron chi connectivity index (χ0n) is 9.82. The Kier molecular flexibility index (Phi) is 4.55. The Morgan fingerprint density at radius 2 is 2.12 bits per heavy atom. The average molecular weight is 253 g/mol. The molecule has 0 bridgehead atoms. The molecule has 0 aliphatic carbocycles. The fraction of sp³-hybridized carbons (Fsp3) is 0.333. The van der Waals surface area contributed by atoms with Gasteiger partial charge in [-0.3, -0.25) is 4.72 Å². The van der Waals surface area contributed by atoms with Gasteiger partial charge < -0.3 is 5.11 Å². The van der Waals surface area contributed by atoms with Crippen LogP contribution < -0.4 is 4.72 Å². The highest BCUT2D eigenvalue weighted by atomic mass is 32.2. The number of aryl methyl sites for hydroxylation is 1. The van der Waals surface area contributed by atoms with E-state index in [0.29, 0.717) is 12.1 Å². The fourth-order valence-corrected chi connectivity index (χ4v) is 1.90. The number of anilines is 1. The summed E-state index contributed by atoms with van der Waals surface area (Å²) >= 11 is 0. The quantitative estimate of drug-likeness (QED) is 0.793. The highest BCUT2D eigenvalue weighted by Crippen LogP contribution is 2.17. The molecule has 0 aliphatic heterocycles. The summed E-state index contributed by atoms with van der Waals surface area (Å²) in [5, 5.41) is 8.59. The Hall–Kier alpha value is -1.51. The van der Waals surface area contributed by atoms with Crippen molar-refractivity contribution in [3.05, 3.63) is 29.3 Å². The Balaban J connectivity index is 2.91. The molecule has 1 rings (SSSR count). The molecule has 0 radical (unpaired) electrons. The van der Waals surface area contributed by atoms with Crippen LogP contribution in [-0.4, -0.2) is 26.4 Å². The number of hydrogen-bond donors (Lipinski definition) is 2. The van der Waals surface area contributed by atoms with Gasteiger partial charge in [-0.25, -0.2) is 8.42 Å². The number of sulfonamides is 1. The van der Waals surface area contributed by atoms with Crippen molar-refractivity contribution in [2.24, 2.45) is 0 Å². The Labute approximate surface area is 102 Å². The summed E-state index contributed by atoms with van der Waals surface area (Å²) in [5.74, 6) is 5.70. The van der Waals surface area contributed by atoms with Gasteiger partial charge in [0.1, 0.15) is 0 Å². The molecule has 92 valence electrons. The fourth-order valence-electron chi connectivity index (χ4n) is 1.28. The van der Waals surface area contributed by atoms with Crippen molar-refractivity contribution in [1.29, 1.82) is 0 Å². The molecule has 4 nitrogen and oxygen atoms in total. The van der Waals surface area contributed by atoms with Crippen LogP contribution in [0.2, 0.25) is 0 Å². The molecule has 0 heterocycles. The van der Waals surface area contributed by atoms with Gasteiger partial charge in [-0.1, -0.05) is 11.8 Å². The molecule has 0 unspecified atom stereocenters. The Morgan fingerprint density at radius 3 is 2.65 bits per heavy atom. The van der Waals surface area contributed by atoms with Crippen molar-refractivity contribution in [2.45, 2.75) is 13.3 Å². The van der Waals surface area contributed by atoms with Crippen LogP contribution in [0.3, 0.4) is 0 Å². The van der Waals surface area contributed by atoms with E-state index in [9.17, 15) is 8.42 Å². The third-order valence-electron chi connectivity index (χ3n) is 1.99. The Morgan fingerprint density at radius 1 is 1.41 bits per heavy atom. The van der Waals surface area contributed by atoms with E-state index in [2.05, 4.69) is 16.6 Å². The average Bonchev–Trinajstić information content (AvgIpc) is 2.21. The van der Waals surface area contributed by atoms with Crippen molar-refractivity contribution in [2.75, 3.05) is 17.6 Å². The molecule has 2 N–H and O–H groups in total. The molecule has 0 aliphatic rings. The lowest BCUT2D eigenvalue weighted by Gasteiger charge is -2.07. The monoisotopic (exact) mass is 253 g/mol. The van der Waals surface area contributed by atoms with Crippen LogP contribution in [0.15, 0.2) is 18.2 Å². The summed E-state index contributed by atoms with van der Waals surface area (Å²) in [6.07, 6.45) is 1.55. The van der Waals surface area contributed by atoms with Crippen LogP contribution in [0.4, 0.5) is 5.69 Å². The van der Waals surface area contributed by atoms with E-state index in [1.807, 2.05) is 6.92 Å². The number of benzene rings is 1. The van der Waals surface area contributed by atoms with Crippen molar-refractivity contribution >= 4 is 15.7 Å². The van der Waals surface area contributed by atoms with Gasteiger partial charge in [0.25, 0.3) is 0 Å². The van der Waals surface area contributed by atoms with Crippen LogP contribution >= 0.6 is 0 Å². The normalized spacial score (nSPS) is 10.5. The lowest BCUT2D eigenvalue weighted by atomic mass is 10.1. The van der Waals surface area contributed by atoms with E-state index in [0.717, 1.165) is 17.4 Å². The molecule has 0 fully saturated rings. The minimum Gasteiger partial charge on any atom is -0.395 e. The van der Waals surface area contributed by atoms with Crippen molar-refractivity contribution in [3.63, 3.8) is 0 Å². The molecule has 1 aromatic rings. The maximum Gasteiger partial charge on any atom is 0.229 e. The standard InChI is InChI=1S/C12H15NO3S/c1-10-9-11(5-3-4-8-14)6-7-12(10)13-17(2,15)16/h6-7,9,13-14H,4,8H2,1-2H3. The predicted molar refractivity (Wildman–Crippen MR) is 68.2 cm³/mol. The molecule has 0 saturated carbocycles. The summed E-state index contributed by atoms with van der Waals surface area (Å²) in [4.78, 5) is 0. The predicted octanol–water partition coefficient (Wildman–Crippen LogP) is 1.10. The van der Waals surface area contributed by atoms with Gasteiger partial charge >= 0.3 is 0 Å². The van der Waals surface area contributed by atoms with Crippen LogP contribution in [0.1, 0.15) is 17.5 Å². The second kappa shape index (κ2) is 5.71. The van der Waals surface area contributed by atoms with Crippen molar-refractivity contribution in [1.82, 2.24) is 0 Å². The van der Waals surface area contributed by atoms with Crippen LogP contribution in [-0.2, 0) is 10.0 Å². The topological polar surface area (TPSA) is 66.4 Å². The Bertz CT molecular complexity index is 553. The molecule has 0 saturated heterocycles. The van der Waals surface area contributed by atoms with E-state index in [1.165, 1.54) is 0 Å². The van der Waals surface area contributed by atoms with Crippen molar-refractivity contribution < 1.29 is 13.5 Å². The first-order valence-corrected chi connectivity index (χ1v) is 6.99. The maximum atomic E-state index is 11.1. The SMILES string of the molecule is Cc1cc(C#CCCO)ccc1NS(C)(=O)=O. The number of nitrogens with one attached hydrogen (secondary N) is 1. The van der Waals surface area contributed by atoms with Crippen LogP contribution in [0.25, 0.3) is 0 Å². The first-order chi connectivity index (χ1) is 7.92. The molecule has 17 heavy (non-hydrogen) atoms. The highest BCUT2D eigenvalue weighted by molar-refractivity contribution is 7.92.